The number of anilines is 1. The van der Waals surface area contributed by atoms with E-state index in [1.54, 1.807) is 19.2 Å². The largest absolute Gasteiger partial charge is 0.494 e. The van der Waals surface area contributed by atoms with Gasteiger partial charge in [0.15, 0.2) is 21.5 Å². The van der Waals surface area contributed by atoms with E-state index in [1.807, 2.05) is 4.90 Å². The topological polar surface area (TPSA) is 72.4 Å². The van der Waals surface area contributed by atoms with Crippen LogP contribution in [0.2, 0.25) is 0 Å². The van der Waals surface area contributed by atoms with Crippen LogP contribution >= 0.6 is 0 Å². The van der Waals surface area contributed by atoms with E-state index in [4.69, 9.17) is 4.74 Å². The second kappa shape index (κ2) is 8.05. The summed E-state index contributed by atoms with van der Waals surface area (Å²) < 4.78 is 55.5. The molecule has 148 valence electrons. The van der Waals surface area contributed by atoms with Crippen molar-refractivity contribution in [1.29, 1.82) is 0 Å². The minimum atomic E-state index is -3.23. The summed E-state index contributed by atoms with van der Waals surface area (Å²) in [7, 11) is -1.44. The van der Waals surface area contributed by atoms with Crippen LogP contribution < -0.4 is 9.64 Å². The Morgan fingerprint density at radius 2 is 1.75 bits per heavy atom. The third-order valence-corrected chi connectivity index (χ3v) is 5.30. The van der Waals surface area contributed by atoms with E-state index in [1.165, 1.54) is 18.5 Å². The minimum absolute atomic E-state index is 0.235. The minimum Gasteiger partial charge on any atom is -0.494 e. The summed E-state index contributed by atoms with van der Waals surface area (Å²) in [6, 6.07) is 8.35. The monoisotopic (exact) mass is 407 g/mol. The van der Waals surface area contributed by atoms with Gasteiger partial charge in [0.25, 0.3) is 0 Å². The van der Waals surface area contributed by atoms with Crippen LogP contribution in [0.3, 0.4) is 0 Å². The molecule has 3 rings (SSSR count). The van der Waals surface area contributed by atoms with Gasteiger partial charge < -0.3 is 9.64 Å². The number of nitrogens with zero attached hydrogens (tertiary/aromatic N) is 3. The molecule has 0 atom stereocenters. The molecular weight excluding hydrogens is 388 g/mol. The Balaban J connectivity index is 1.60. The van der Waals surface area contributed by atoms with Crippen molar-refractivity contribution in [2.45, 2.75) is 11.3 Å². The van der Waals surface area contributed by atoms with Gasteiger partial charge in [-0.05, 0) is 36.8 Å². The summed E-state index contributed by atoms with van der Waals surface area (Å²) in [6.45, 7) is 0.959. The summed E-state index contributed by atoms with van der Waals surface area (Å²) in [4.78, 5) is 10.2. The SMILES string of the molecule is CN(CCCOc1ccc(S(C)(=O)=O)cc1)c1ncnc2cc(F)c(F)cc12. The highest BCUT2D eigenvalue weighted by Crippen LogP contribution is 2.24. The number of rotatable bonds is 7. The fourth-order valence-corrected chi connectivity index (χ4v) is 3.35. The fourth-order valence-electron chi connectivity index (χ4n) is 2.72. The summed E-state index contributed by atoms with van der Waals surface area (Å²) in [6.07, 6.45) is 3.10. The molecule has 6 nitrogen and oxygen atoms in total. The molecule has 0 radical (unpaired) electrons. The predicted molar refractivity (Wildman–Crippen MR) is 102 cm³/mol. The van der Waals surface area contributed by atoms with E-state index in [0.29, 0.717) is 42.0 Å². The number of benzene rings is 2. The normalized spacial score (nSPS) is 11.6. The molecule has 0 spiro atoms. The Labute approximate surface area is 161 Å². The van der Waals surface area contributed by atoms with E-state index in [9.17, 15) is 17.2 Å². The quantitative estimate of drug-likeness (QED) is 0.560. The molecule has 1 heterocycles. The molecular formula is C19H19F2N3O3S. The number of hydrogen-bond acceptors (Lipinski definition) is 6. The Morgan fingerprint density at radius 1 is 1.07 bits per heavy atom. The van der Waals surface area contributed by atoms with Gasteiger partial charge in [-0.25, -0.2) is 27.2 Å². The lowest BCUT2D eigenvalue weighted by atomic mass is 10.2. The molecule has 28 heavy (non-hydrogen) atoms. The van der Waals surface area contributed by atoms with Crippen molar-refractivity contribution in [3.05, 3.63) is 54.4 Å². The van der Waals surface area contributed by atoms with Crippen LogP contribution in [-0.4, -0.2) is 44.8 Å². The molecule has 0 bridgehead atoms. The first-order valence-electron chi connectivity index (χ1n) is 8.49. The van der Waals surface area contributed by atoms with Crippen LogP contribution in [0, 0.1) is 11.6 Å². The second-order valence-electron chi connectivity index (χ2n) is 6.35. The highest BCUT2D eigenvalue weighted by atomic mass is 32.2. The molecule has 0 saturated heterocycles. The van der Waals surface area contributed by atoms with Gasteiger partial charge in [-0.1, -0.05) is 0 Å². The molecule has 1 aromatic heterocycles. The van der Waals surface area contributed by atoms with Crippen LogP contribution in [-0.2, 0) is 9.84 Å². The van der Waals surface area contributed by atoms with Crippen LogP contribution in [0.25, 0.3) is 10.9 Å². The maximum Gasteiger partial charge on any atom is 0.175 e. The maximum atomic E-state index is 13.6. The summed E-state index contributed by atoms with van der Waals surface area (Å²) in [5.41, 5.74) is 0.331. The van der Waals surface area contributed by atoms with Crippen molar-refractivity contribution in [3.63, 3.8) is 0 Å². The number of fused-ring (bicyclic) bond motifs is 1. The number of hydrogen-bond donors (Lipinski definition) is 0. The van der Waals surface area contributed by atoms with Crippen molar-refractivity contribution >= 4 is 26.6 Å². The third-order valence-electron chi connectivity index (χ3n) is 4.18. The number of aromatic nitrogens is 2. The molecule has 0 unspecified atom stereocenters. The molecule has 9 heteroatoms. The Morgan fingerprint density at radius 3 is 2.43 bits per heavy atom. The molecule has 0 saturated carbocycles. The summed E-state index contributed by atoms with van der Waals surface area (Å²) in [5, 5.41) is 0.432. The molecule has 0 fully saturated rings. The zero-order chi connectivity index (χ0) is 20.3. The van der Waals surface area contributed by atoms with Gasteiger partial charge in [0, 0.05) is 31.3 Å². The van der Waals surface area contributed by atoms with Crippen molar-refractivity contribution < 1.29 is 21.9 Å². The number of sulfone groups is 1. The van der Waals surface area contributed by atoms with Crippen LogP contribution in [0.4, 0.5) is 14.6 Å². The molecule has 2 aromatic carbocycles. The van der Waals surface area contributed by atoms with E-state index in [0.717, 1.165) is 18.4 Å². The first-order chi connectivity index (χ1) is 13.3. The Kier molecular flexibility index (Phi) is 5.73. The molecule has 0 aliphatic carbocycles. The van der Waals surface area contributed by atoms with Crippen LogP contribution in [0.15, 0.2) is 47.6 Å². The number of halogens is 2. The standard InChI is InChI=1S/C19H19F2N3O3S/c1-24(19-15-10-16(20)17(21)11-18(15)22-12-23-19)8-3-9-27-13-4-6-14(7-5-13)28(2,25)26/h4-7,10-12H,3,8-9H2,1-2H3. The molecule has 0 amide bonds. The lowest BCUT2D eigenvalue weighted by Gasteiger charge is -2.19. The van der Waals surface area contributed by atoms with Crippen LogP contribution in [0.1, 0.15) is 6.42 Å². The van der Waals surface area contributed by atoms with Crippen molar-refractivity contribution in [3.8, 4) is 5.75 Å². The van der Waals surface area contributed by atoms with Crippen LogP contribution in [0.5, 0.6) is 5.75 Å². The average molecular weight is 407 g/mol. The third kappa shape index (κ3) is 4.53. The molecule has 0 aliphatic rings. The Bertz CT molecular complexity index is 1090. The zero-order valence-electron chi connectivity index (χ0n) is 15.4. The highest BCUT2D eigenvalue weighted by Gasteiger charge is 2.12. The average Bonchev–Trinajstić information content (AvgIpc) is 2.65. The van der Waals surface area contributed by atoms with Gasteiger partial charge in [-0.15, -0.1) is 0 Å². The summed E-state index contributed by atoms with van der Waals surface area (Å²) >= 11 is 0. The molecule has 3 aromatic rings. The first-order valence-corrected chi connectivity index (χ1v) is 10.4. The van der Waals surface area contributed by atoms with Gasteiger partial charge in [-0.3, -0.25) is 0 Å². The van der Waals surface area contributed by atoms with E-state index >= 15 is 0 Å². The van der Waals surface area contributed by atoms with E-state index in [2.05, 4.69) is 9.97 Å². The predicted octanol–water partition coefficient (Wildman–Crippen LogP) is 3.22. The van der Waals surface area contributed by atoms with Gasteiger partial charge in [0.2, 0.25) is 0 Å². The zero-order valence-corrected chi connectivity index (χ0v) is 16.2. The van der Waals surface area contributed by atoms with Gasteiger partial charge >= 0.3 is 0 Å². The van der Waals surface area contributed by atoms with Gasteiger partial charge in [0.05, 0.1) is 17.0 Å². The van der Waals surface area contributed by atoms with E-state index < -0.39 is 21.5 Å². The second-order valence-corrected chi connectivity index (χ2v) is 8.36. The van der Waals surface area contributed by atoms with Crippen molar-refractivity contribution in [1.82, 2.24) is 9.97 Å². The maximum absolute atomic E-state index is 13.6. The van der Waals surface area contributed by atoms with Gasteiger partial charge in [0.1, 0.15) is 17.9 Å². The summed E-state index contributed by atoms with van der Waals surface area (Å²) in [5.74, 6) is -0.825. The lowest BCUT2D eigenvalue weighted by Crippen LogP contribution is -2.22. The number of ether oxygens (including phenoxy) is 1. The lowest BCUT2D eigenvalue weighted by molar-refractivity contribution is 0.312. The van der Waals surface area contributed by atoms with Crippen molar-refractivity contribution in [2.75, 3.05) is 31.4 Å². The Hall–Kier alpha value is -2.81. The molecule has 0 aliphatic heterocycles. The van der Waals surface area contributed by atoms with E-state index in [-0.39, 0.29) is 4.90 Å². The first kappa shape index (κ1) is 19.9. The highest BCUT2D eigenvalue weighted by molar-refractivity contribution is 7.90. The van der Waals surface area contributed by atoms with Crippen molar-refractivity contribution in [2.24, 2.45) is 0 Å². The smallest absolute Gasteiger partial charge is 0.175 e. The molecule has 0 N–H and O–H groups in total. The fraction of sp³-hybridized carbons (Fsp3) is 0.263. The van der Waals surface area contributed by atoms with Gasteiger partial charge in [-0.2, -0.15) is 0 Å².